The summed E-state index contributed by atoms with van der Waals surface area (Å²) < 4.78 is 12.7. The molecule has 0 aromatic heterocycles. The van der Waals surface area contributed by atoms with Gasteiger partial charge in [0.05, 0.1) is 13.2 Å². The molecule has 0 spiro atoms. The van der Waals surface area contributed by atoms with Gasteiger partial charge in [-0.3, -0.25) is 4.90 Å². The number of nitrogens with zero attached hydrogens (tertiary/aromatic N) is 1. The Balaban J connectivity index is 1.52. The van der Waals surface area contributed by atoms with Gasteiger partial charge in [-0.1, -0.05) is 36.4 Å². The van der Waals surface area contributed by atoms with Crippen molar-refractivity contribution < 1.29 is 14.3 Å². The fourth-order valence-electron chi connectivity index (χ4n) is 3.79. The number of amides is 1. The van der Waals surface area contributed by atoms with E-state index in [1.165, 1.54) is 20.3 Å². The zero-order valence-electron chi connectivity index (χ0n) is 18.7. The molecule has 31 heavy (non-hydrogen) atoms. The summed E-state index contributed by atoms with van der Waals surface area (Å²) in [5.74, 6) is 0. The highest BCUT2D eigenvalue weighted by molar-refractivity contribution is 14.1. The first kappa shape index (κ1) is 24.0. The number of hydrogen-bond donors (Lipinski definition) is 1. The topological polar surface area (TPSA) is 50.8 Å². The summed E-state index contributed by atoms with van der Waals surface area (Å²) in [5, 5.41) is 2.86. The van der Waals surface area contributed by atoms with Crippen LogP contribution in [0.5, 0.6) is 0 Å². The second-order valence-corrected chi connectivity index (χ2v) is 10.3. The number of benzene rings is 2. The highest BCUT2D eigenvalue weighted by atomic mass is 127. The number of carbonyl (C=O) groups is 1. The normalized spacial score (nSPS) is 16.6. The summed E-state index contributed by atoms with van der Waals surface area (Å²) in [4.78, 5) is 14.4. The van der Waals surface area contributed by atoms with Crippen LogP contribution in [0.2, 0.25) is 0 Å². The highest BCUT2D eigenvalue weighted by Gasteiger charge is 2.26. The maximum absolute atomic E-state index is 11.9. The first-order valence-electron chi connectivity index (χ1n) is 10.9. The first-order valence-corrected chi connectivity index (χ1v) is 12.0. The van der Waals surface area contributed by atoms with Crippen LogP contribution < -0.4 is 5.32 Å². The summed E-state index contributed by atoms with van der Waals surface area (Å²) in [5.41, 5.74) is 3.53. The molecule has 6 heteroatoms. The number of hydrogen-bond acceptors (Lipinski definition) is 4. The lowest BCUT2D eigenvalue weighted by Gasteiger charge is -2.37. The molecule has 5 nitrogen and oxygen atoms in total. The van der Waals surface area contributed by atoms with Crippen LogP contribution in [0, 0.1) is 3.57 Å². The van der Waals surface area contributed by atoms with E-state index in [-0.39, 0.29) is 6.09 Å². The van der Waals surface area contributed by atoms with Crippen LogP contribution in [0.25, 0.3) is 0 Å². The number of alkyl carbamates (subject to hydrolysis) is 1. The second-order valence-electron chi connectivity index (χ2n) is 9.02. The molecule has 0 aliphatic carbocycles. The fraction of sp³-hybridized carbons (Fsp3) is 0.480. The fourth-order valence-corrected chi connectivity index (χ4v) is 4.40. The molecule has 0 saturated heterocycles. The van der Waals surface area contributed by atoms with E-state index in [0.29, 0.717) is 25.8 Å². The molecule has 0 radical (unpaired) electrons. The molecule has 1 N–H and O–H groups in total. The van der Waals surface area contributed by atoms with Gasteiger partial charge in [0.2, 0.25) is 0 Å². The van der Waals surface area contributed by atoms with Gasteiger partial charge in [0.25, 0.3) is 0 Å². The van der Waals surface area contributed by atoms with Crippen molar-refractivity contribution in [3.05, 3.63) is 68.8 Å². The van der Waals surface area contributed by atoms with Gasteiger partial charge in [0.1, 0.15) is 5.60 Å². The molecule has 0 saturated carbocycles. The van der Waals surface area contributed by atoms with Crippen LogP contribution in [0.15, 0.2) is 48.5 Å². The van der Waals surface area contributed by atoms with Gasteiger partial charge >= 0.3 is 6.09 Å². The standard InChI is InChI=1S/C25H33IN2O3/c1-25(2,3)31-24(29)27-12-7-13-28-16-21-10-5-4-9-20(21)15-23(28)18-30-17-19-8-6-11-22(26)14-19/h4-6,8-11,14,23H,7,12-13,15-18H2,1-3H3,(H,27,29)/t23-/m0/s1. The second kappa shape index (κ2) is 11.3. The summed E-state index contributed by atoms with van der Waals surface area (Å²) in [6.45, 7) is 9.36. The minimum atomic E-state index is -0.472. The van der Waals surface area contributed by atoms with Crippen molar-refractivity contribution in [1.29, 1.82) is 0 Å². The minimum Gasteiger partial charge on any atom is -0.444 e. The van der Waals surface area contributed by atoms with Gasteiger partial charge in [-0.05, 0) is 85.0 Å². The molecule has 1 heterocycles. The van der Waals surface area contributed by atoms with E-state index in [9.17, 15) is 4.79 Å². The molecule has 168 valence electrons. The van der Waals surface area contributed by atoms with Crippen molar-refractivity contribution in [2.75, 3.05) is 19.7 Å². The van der Waals surface area contributed by atoms with Crippen LogP contribution in [0.3, 0.4) is 0 Å². The number of rotatable bonds is 8. The van der Waals surface area contributed by atoms with E-state index >= 15 is 0 Å². The molecule has 2 aromatic carbocycles. The molecule has 0 fully saturated rings. The third-order valence-corrected chi connectivity index (χ3v) is 5.89. The summed E-state index contributed by atoms with van der Waals surface area (Å²) >= 11 is 2.33. The van der Waals surface area contributed by atoms with E-state index in [1.54, 1.807) is 0 Å². The Bertz CT molecular complexity index is 866. The van der Waals surface area contributed by atoms with Gasteiger partial charge in [0.15, 0.2) is 0 Å². The molecule has 1 atom stereocenters. The van der Waals surface area contributed by atoms with Crippen LogP contribution in [0.4, 0.5) is 4.79 Å². The molecule has 1 aliphatic rings. The number of halogens is 1. The first-order chi connectivity index (χ1) is 14.8. The van der Waals surface area contributed by atoms with Gasteiger partial charge in [-0.25, -0.2) is 4.79 Å². The lowest BCUT2D eigenvalue weighted by Crippen LogP contribution is -2.44. The van der Waals surface area contributed by atoms with E-state index < -0.39 is 5.60 Å². The van der Waals surface area contributed by atoms with E-state index in [0.717, 1.165) is 25.9 Å². The molecule has 2 aromatic rings. The van der Waals surface area contributed by atoms with Gasteiger partial charge in [-0.15, -0.1) is 0 Å². The molecule has 1 amide bonds. The third kappa shape index (κ3) is 8.09. The van der Waals surface area contributed by atoms with E-state index in [1.807, 2.05) is 20.8 Å². The third-order valence-electron chi connectivity index (χ3n) is 5.22. The van der Waals surface area contributed by atoms with Crippen molar-refractivity contribution in [3.8, 4) is 0 Å². The monoisotopic (exact) mass is 536 g/mol. The largest absolute Gasteiger partial charge is 0.444 e. The van der Waals surface area contributed by atoms with Gasteiger partial charge < -0.3 is 14.8 Å². The van der Waals surface area contributed by atoms with Crippen LogP contribution >= 0.6 is 22.6 Å². The Hall–Kier alpha value is -1.64. The summed E-state index contributed by atoms with van der Waals surface area (Å²) in [6, 6.07) is 17.4. The summed E-state index contributed by atoms with van der Waals surface area (Å²) in [7, 11) is 0. The van der Waals surface area contributed by atoms with Crippen LogP contribution in [-0.4, -0.2) is 42.3 Å². The zero-order chi connectivity index (χ0) is 22.3. The van der Waals surface area contributed by atoms with Crippen molar-refractivity contribution >= 4 is 28.7 Å². The lowest BCUT2D eigenvalue weighted by molar-refractivity contribution is 0.0395. The maximum atomic E-state index is 11.9. The maximum Gasteiger partial charge on any atom is 0.407 e. The van der Waals surface area contributed by atoms with Crippen LogP contribution in [-0.2, 0) is 29.0 Å². The Kier molecular flexibility index (Phi) is 8.75. The van der Waals surface area contributed by atoms with Gasteiger partial charge in [-0.2, -0.15) is 0 Å². The molecule has 0 bridgehead atoms. The quantitative estimate of drug-likeness (QED) is 0.375. The molecule has 1 aliphatic heterocycles. The van der Waals surface area contributed by atoms with E-state index in [2.05, 4.69) is 81.3 Å². The van der Waals surface area contributed by atoms with Crippen molar-refractivity contribution in [3.63, 3.8) is 0 Å². The Labute approximate surface area is 199 Å². The smallest absolute Gasteiger partial charge is 0.407 e. The van der Waals surface area contributed by atoms with Crippen molar-refractivity contribution in [1.82, 2.24) is 10.2 Å². The van der Waals surface area contributed by atoms with Crippen molar-refractivity contribution in [2.24, 2.45) is 0 Å². The average molecular weight is 536 g/mol. The highest BCUT2D eigenvalue weighted by Crippen LogP contribution is 2.24. The Morgan fingerprint density at radius 1 is 1.16 bits per heavy atom. The molecular weight excluding hydrogens is 503 g/mol. The molecule has 3 rings (SSSR count). The molecular formula is C25H33IN2O3. The SMILES string of the molecule is CC(C)(C)OC(=O)NCCCN1Cc2ccccc2C[C@H]1COCc1cccc(I)c1. The minimum absolute atomic E-state index is 0.333. The average Bonchev–Trinajstić information content (AvgIpc) is 2.70. The predicted octanol–water partition coefficient (Wildman–Crippen LogP) is 5.15. The van der Waals surface area contributed by atoms with Gasteiger partial charge in [0, 0.05) is 29.2 Å². The van der Waals surface area contributed by atoms with Crippen molar-refractivity contribution in [2.45, 2.75) is 58.4 Å². The zero-order valence-corrected chi connectivity index (χ0v) is 20.9. The predicted molar refractivity (Wildman–Crippen MR) is 132 cm³/mol. The Morgan fingerprint density at radius 3 is 2.68 bits per heavy atom. The Morgan fingerprint density at radius 2 is 1.94 bits per heavy atom. The number of fused-ring (bicyclic) bond motifs is 1. The lowest BCUT2D eigenvalue weighted by atomic mass is 9.94. The number of nitrogens with one attached hydrogen (secondary N) is 1. The van der Waals surface area contributed by atoms with E-state index in [4.69, 9.17) is 9.47 Å². The summed E-state index contributed by atoms with van der Waals surface area (Å²) in [6.07, 6.45) is 1.51. The number of ether oxygens (including phenoxy) is 2. The van der Waals surface area contributed by atoms with Crippen LogP contribution in [0.1, 0.15) is 43.9 Å². The molecule has 0 unspecified atom stereocenters. The number of carbonyl (C=O) groups excluding carboxylic acids is 1.